The van der Waals surface area contributed by atoms with E-state index in [1.54, 1.807) is 74.1 Å². The number of aliphatic imine (C=N–C) groups is 1. The summed E-state index contributed by atoms with van der Waals surface area (Å²) in [6.07, 6.45) is 2.28. The zero-order valence-electron chi connectivity index (χ0n) is 38.2. The molecule has 3 aromatic heterocycles. The molecule has 13 heteroatoms. The van der Waals surface area contributed by atoms with Crippen LogP contribution in [-0.4, -0.2) is 68.8 Å². The molecular weight excluding hydrogens is 876 g/mol. The van der Waals surface area contributed by atoms with Gasteiger partial charge in [0, 0.05) is 79.9 Å². The summed E-state index contributed by atoms with van der Waals surface area (Å²) in [4.78, 5) is 59.8. The first-order valence-electron chi connectivity index (χ1n) is 21.6. The molecule has 7 aromatic rings. The number of hydrogen-bond acceptors (Lipinski definition) is 12. The van der Waals surface area contributed by atoms with Gasteiger partial charge >= 0.3 is 0 Å². The second kappa shape index (κ2) is 23.1. The predicted molar refractivity (Wildman–Crippen MR) is 263 cm³/mol. The molecule has 0 fully saturated rings. The fraction of sp³-hybridized carbons (Fsp3) is 0.283. The van der Waals surface area contributed by atoms with Gasteiger partial charge in [0.05, 0.1) is 45.4 Å². The topological polar surface area (TPSA) is 130 Å². The molecule has 0 radical (unpaired) electrons. The monoisotopic (exact) mass is 928 g/mol. The van der Waals surface area contributed by atoms with E-state index in [-0.39, 0.29) is 54.3 Å². The number of methoxy groups -OCH3 is 4. The number of aromatic nitrogens is 1. The second-order valence-electron chi connectivity index (χ2n) is 15.7. The van der Waals surface area contributed by atoms with Crippen molar-refractivity contribution in [3.63, 3.8) is 0 Å². The molecule has 342 valence electrons. The third-order valence-corrected chi connectivity index (χ3v) is 13.1. The number of thiophene rings is 2. The van der Waals surface area contributed by atoms with E-state index in [2.05, 4.69) is 22.5 Å². The minimum Gasteiger partial charge on any atom is -0.493 e. The first-order valence-corrected chi connectivity index (χ1v) is 23.3. The van der Waals surface area contributed by atoms with Crippen molar-refractivity contribution in [2.24, 2.45) is 10.9 Å². The highest BCUT2D eigenvalue weighted by atomic mass is 32.1. The molecule has 1 unspecified atom stereocenters. The van der Waals surface area contributed by atoms with Gasteiger partial charge in [-0.15, -0.1) is 22.7 Å². The van der Waals surface area contributed by atoms with E-state index in [4.69, 9.17) is 23.9 Å². The Morgan fingerprint density at radius 1 is 0.697 bits per heavy atom. The third kappa shape index (κ3) is 11.8. The Balaban J connectivity index is 0.000000222. The van der Waals surface area contributed by atoms with Gasteiger partial charge in [0.15, 0.2) is 46.1 Å². The largest absolute Gasteiger partial charge is 0.493 e. The number of pyridine rings is 1. The van der Waals surface area contributed by atoms with E-state index in [9.17, 15) is 23.6 Å². The predicted octanol–water partition coefficient (Wildman–Crippen LogP) is 12.5. The molecule has 0 aliphatic carbocycles. The van der Waals surface area contributed by atoms with Gasteiger partial charge < -0.3 is 18.9 Å². The molecular formula is C53H53FN2O8S2. The summed E-state index contributed by atoms with van der Waals surface area (Å²) in [7, 11) is 6.15. The number of ether oxygens (including phenoxy) is 4. The number of ketones is 4. The van der Waals surface area contributed by atoms with Crippen LogP contribution in [0.2, 0.25) is 0 Å². The zero-order valence-corrected chi connectivity index (χ0v) is 39.8. The lowest BCUT2D eigenvalue weighted by Crippen LogP contribution is -2.13. The van der Waals surface area contributed by atoms with Gasteiger partial charge in [-0.25, -0.2) is 9.37 Å². The lowest BCUT2D eigenvalue weighted by molar-refractivity contribution is -0.117. The number of carbonyl (C=O) groups is 4. The van der Waals surface area contributed by atoms with Crippen molar-refractivity contribution in [3.05, 3.63) is 136 Å². The first-order chi connectivity index (χ1) is 31.9. The number of fused-ring (bicyclic) bond motifs is 2. The van der Waals surface area contributed by atoms with E-state index in [0.717, 1.165) is 39.6 Å². The van der Waals surface area contributed by atoms with Crippen molar-refractivity contribution in [1.29, 1.82) is 0 Å². The average molecular weight is 929 g/mol. The second-order valence-corrected chi connectivity index (χ2v) is 17.5. The molecule has 0 saturated heterocycles. The van der Waals surface area contributed by atoms with E-state index < -0.39 is 0 Å². The molecule has 7 rings (SSSR count). The van der Waals surface area contributed by atoms with Crippen molar-refractivity contribution in [3.8, 4) is 34.3 Å². The standard InChI is InChI=1S/C29H28FNO4S.C24H25NO4S/c1-5-18-9-11-23(31-28(18)21-16-36-29-20(21)7-6-8-22(29)30)25(33)14-17(2)13-24(32)19-10-12-26(34-3)27(15-19)35-4;1-16(20-15-30-24-10-5-4-8-19(20)24)25-14-18(26)7-6-9-21(27)17-11-12-22(28-2)23(13-17)29-3/h6-12,15-17H,5,13-14H2,1-4H3;4-5,8,10-13,15H,6-7,9,14H2,1-3H3. The van der Waals surface area contributed by atoms with Crippen LogP contribution in [0.5, 0.6) is 23.0 Å². The zero-order chi connectivity index (χ0) is 47.3. The number of aryl methyl sites for hydroxylation is 1. The Morgan fingerprint density at radius 2 is 1.33 bits per heavy atom. The third-order valence-electron chi connectivity index (χ3n) is 11.2. The number of rotatable bonds is 20. The number of benzene rings is 4. The van der Waals surface area contributed by atoms with Crippen LogP contribution >= 0.6 is 22.7 Å². The van der Waals surface area contributed by atoms with Crippen molar-refractivity contribution < 1.29 is 42.5 Å². The molecule has 0 amide bonds. The van der Waals surface area contributed by atoms with Gasteiger partial charge in [-0.2, -0.15) is 0 Å². The van der Waals surface area contributed by atoms with Gasteiger partial charge in [-0.1, -0.05) is 50.2 Å². The summed E-state index contributed by atoms with van der Waals surface area (Å²) in [5, 5.41) is 5.93. The SMILES string of the molecule is CCc1ccc(C(=O)CC(C)CC(=O)c2ccc(OC)c(OC)c2)nc1-c1csc2c(F)cccc12.COc1ccc(C(=O)CCCC(=O)CN=C(C)c2csc3ccccc23)cc1OC. The highest BCUT2D eigenvalue weighted by Gasteiger charge is 2.21. The van der Waals surface area contributed by atoms with Gasteiger partial charge in [0.1, 0.15) is 11.5 Å². The van der Waals surface area contributed by atoms with Crippen LogP contribution in [0.4, 0.5) is 4.39 Å². The minimum atomic E-state index is -0.262. The fourth-order valence-corrected chi connectivity index (χ4v) is 9.50. The molecule has 66 heavy (non-hydrogen) atoms. The Labute approximate surface area is 392 Å². The summed E-state index contributed by atoms with van der Waals surface area (Å²) in [6, 6.07) is 27.0. The maximum Gasteiger partial charge on any atom is 0.181 e. The minimum absolute atomic E-state index is 0.0202. The van der Waals surface area contributed by atoms with Crippen molar-refractivity contribution >= 4 is 71.7 Å². The van der Waals surface area contributed by atoms with Crippen LogP contribution < -0.4 is 18.9 Å². The fourth-order valence-electron chi connectivity index (χ4n) is 7.53. The molecule has 3 heterocycles. The molecule has 4 aromatic carbocycles. The molecule has 0 saturated carbocycles. The molecule has 0 spiro atoms. The number of nitrogens with zero attached hydrogens (tertiary/aromatic N) is 2. The Morgan fingerprint density at radius 3 is 2.00 bits per heavy atom. The lowest BCUT2D eigenvalue weighted by atomic mass is 9.93. The molecule has 0 aliphatic rings. The van der Waals surface area contributed by atoms with Gasteiger partial charge in [0.25, 0.3) is 0 Å². The molecule has 0 N–H and O–H groups in total. The van der Waals surface area contributed by atoms with Crippen LogP contribution in [0.1, 0.15) is 95.2 Å². The summed E-state index contributed by atoms with van der Waals surface area (Å²) < 4.78 is 37.0. The number of Topliss-reactive ketones (excluding diaryl/α,β-unsaturated/α-hetero) is 4. The smallest absolute Gasteiger partial charge is 0.181 e. The molecule has 1 atom stereocenters. The highest BCUT2D eigenvalue weighted by molar-refractivity contribution is 7.18. The summed E-state index contributed by atoms with van der Waals surface area (Å²) in [6.45, 7) is 5.98. The normalized spacial score (nSPS) is 11.7. The molecule has 0 bridgehead atoms. The first kappa shape index (κ1) is 48.9. The van der Waals surface area contributed by atoms with Crippen LogP contribution in [0, 0.1) is 11.7 Å². The van der Waals surface area contributed by atoms with E-state index in [0.29, 0.717) is 69.5 Å². The number of carbonyl (C=O) groups excluding carboxylic acids is 4. The van der Waals surface area contributed by atoms with E-state index >= 15 is 0 Å². The van der Waals surface area contributed by atoms with Crippen LogP contribution in [-0.2, 0) is 11.2 Å². The van der Waals surface area contributed by atoms with Crippen molar-refractivity contribution in [2.45, 2.75) is 59.3 Å². The highest BCUT2D eigenvalue weighted by Crippen LogP contribution is 2.37. The van der Waals surface area contributed by atoms with Crippen LogP contribution in [0.3, 0.4) is 0 Å². The van der Waals surface area contributed by atoms with Crippen LogP contribution in [0.15, 0.2) is 107 Å². The Hall–Kier alpha value is -6.57. The van der Waals surface area contributed by atoms with E-state index in [1.807, 2.05) is 50.4 Å². The average Bonchev–Trinajstić information content (AvgIpc) is 3.98. The molecule has 0 aliphatic heterocycles. The molecule has 10 nitrogen and oxygen atoms in total. The van der Waals surface area contributed by atoms with Crippen molar-refractivity contribution in [1.82, 2.24) is 4.98 Å². The summed E-state index contributed by atoms with van der Waals surface area (Å²) >= 11 is 3.01. The summed E-state index contributed by atoms with van der Waals surface area (Å²) in [5.74, 6) is 1.52. The van der Waals surface area contributed by atoms with Crippen molar-refractivity contribution in [2.75, 3.05) is 35.0 Å². The van der Waals surface area contributed by atoms with Crippen LogP contribution in [0.25, 0.3) is 31.4 Å². The van der Waals surface area contributed by atoms with Gasteiger partial charge in [-0.3, -0.25) is 24.2 Å². The summed E-state index contributed by atoms with van der Waals surface area (Å²) in [5.41, 5.74) is 5.88. The Bertz CT molecular complexity index is 2900. The number of hydrogen-bond donors (Lipinski definition) is 0. The Kier molecular flexibility index (Phi) is 17.1. The maximum atomic E-state index is 14.3. The van der Waals surface area contributed by atoms with Gasteiger partial charge in [-0.05, 0) is 85.8 Å². The van der Waals surface area contributed by atoms with E-state index in [1.165, 1.54) is 36.3 Å². The number of halogens is 1. The quantitative estimate of drug-likeness (QED) is 0.0541. The lowest BCUT2D eigenvalue weighted by Gasteiger charge is -2.13. The van der Waals surface area contributed by atoms with Gasteiger partial charge in [0.2, 0.25) is 0 Å². The maximum absolute atomic E-state index is 14.3.